The maximum absolute atomic E-state index is 6.03. The minimum atomic E-state index is 0.0293. The lowest BCUT2D eigenvalue weighted by Gasteiger charge is -2.20. The predicted molar refractivity (Wildman–Crippen MR) is 93.4 cm³/mol. The van der Waals surface area contributed by atoms with Gasteiger partial charge in [0.15, 0.2) is 0 Å². The SMILES string of the molecule is Cc1ccc(Br)c(NC(CN)c2ccc(Cl)c(Br)c2)c1. The summed E-state index contributed by atoms with van der Waals surface area (Å²) in [5.41, 5.74) is 9.23. The Morgan fingerprint density at radius 2 is 1.90 bits per heavy atom. The van der Waals surface area contributed by atoms with Crippen molar-refractivity contribution in [2.24, 2.45) is 5.73 Å². The Balaban J connectivity index is 2.28. The zero-order chi connectivity index (χ0) is 14.7. The van der Waals surface area contributed by atoms with E-state index in [1.54, 1.807) is 0 Å². The van der Waals surface area contributed by atoms with Crippen molar-refractivity contribution in [1.29, 1.82) is 0 Å². The van der Waals surface area contributed by atoms with E-state index >= 15 is 0 Å². The topological polar surface area (TPSA) is 38.0 Å². The molecule has 0 aliphatic rings. The van der Waals surface area contributed by atoms with Gasteiger partial charge in [0.05, 0.1) is 11.1 Å². The summed E-state index contributed by atoms with van der Waals surface area (Å²) in [4.78, 5) is 0. The van der Waals surface area contributed by atoms with Crippen LogP contribution < -0.4 is 11.1 Å². The summed E-state index contributed by atoms with van der Waals surface area (Å²) in [6, 6.07) is 12.1. The summed E-state index contributed by atoms with van der Waals surface area (Å²) in [6.07, 6.45) is 0. The van der Waals surface area contributed by atoms with Gasteiger partial charge in [-0.3, -0.25) is 0 Å². The zero-order valence-electron chi connectivity index (χ0n) is 11.0. The summed E-state index contributed by atoms with van der Waals surface area (Å²) >= 11 is 13.0. The molecule has 0 fully saturated rings. The number of nitrogens with one attached hydrogen (secondary N) is 1. The van der Waals surface area contributed by atoms with E-state index in [2.05, 4.69) is 56.2 Å². The van der Waals surface area contributed by atoms with Crippen molar-refractivity contribution < 1.29 is 0 Å². The zero-order valence-corrected chi connectivity index (χ0v) is 14.9. The number of aryl methyl sites for hydroxylation is 1. The van der Waals surface area contributed by atoms with Gasteiger partial charge in [0, 0.05) is 21.2 Å². The summed E-state index contributed by atoms with van der Waals surface area (Å²) in [5, 5.41) is 4.16. The minimum absolute atomic E-state index is 0.0293. The highest BCUT2D eigenvalue weighted by Crippen LogP contribution is 2.30. The molecule has 106 valence electrons. The van der Waals surface area contributed by atoms with Crippen LogP contribution in [0.5, 0.6) is 0 Å². The van der Waals surface area contributed by atoms with E-state index in [1.807, 2.05) is 24.3 Å². The molecule has 0 spiro atoms. The number of hydrogen-bond acceptors (Lipinski definition) is 2. The van der Waals surface area contributed by atoms with Crippen molar-refractivity contribution in [3.63, 3.8) is 0 Å². The summed E-state index contributed by atoms with van der Waals surface area (Å²) in [6.45, 7) is 2.56. The average molecular weight is 419 g/mol. The van der Waals surface area contributed by atoms with Gasteiger partial charge in [-0.25, -0.2) is 0 Å². The van der Waals surface area contributed by atoms with Crippen LogP contribution in [-0.2, 0) is 0 Å². The second kappa shape index (κ2) is 6.94. The van der Waals surface area contributed by atoms with E-state index in [0.29, 0.717) is 11.6 Å². The molecule has 0 aliphatic carbocycles. The van der Waals surface area contributed by atoms with Crippen molar-refractivity contribution in [3.8, 4) is 0 Å². The van der Waals surface area contributed by atoms with Crippen LogP contribution in [0, 0.1) is 6.92 Å². The van der Waals surface area contributed by atoms with E-state index in [0.717, 1.165) is 20.2 Å². The first-order valence-electron chi connectivity index (χ1n) is 6.19. The Morgan fingerprint density at radius 3 is 2.55 bits per heavy atom. The van der Waals surface area contributed by atoms with Gasteiger partial charge in [0.1, 0.15) is 0 Å². The Bertz CT molecular complexity index is 617. The first kappa shape index (κ1) is 15.8. The molecule has 0 saturated heterocycles. The van der Waals surface area contributed by atoms with Gasteiger partial charge in [-0.1, -0.05) is 23.7 Å². The second-order valence-electron chi connectivity index (χ2n) is 4.59. The van der Waals surface area contributed by atoms with E-state index in [-0.39, 0.29) is 6.04 Å². The quantitative estimate of drug-likeness (QED) is 0.708. The monoisotopic (exact) mass is 416 g/mol. The standard InChI is InChI=1S/C15H15Br2ClN2/c1-9-2-4-11(16)14(6-9)20-15(8-19)10-3-5-13(18)12(17)7-10/h2-7,15,20H,8,19H2,1H3. The van der Waals surface area contributed by atoms with Gasteiger partial charge in [-0.15, -0.1) is 0 Å². The minimum Gasteiger partial charge on any atom is -0.376 e. The maximum atomic E-state index is 6.03. The van der Waals surface area contributed by atoms with Crippen LogP contribution >= 0.6 is 43.5 Å². The molecular weight excluding hydrogens is 403 g/mol. The molecule has 1 unspecified atom stereocenters. The third-order valence-electron chi connectivity index (χ3n) is 3.03. The number of halogens is 3. The van der Waals surface area contributed by atoms with Crippen LogP contribution in [-0.4, -0.2) is 6.54 Å². The van der Waals surface area contributed by atoms with Crippen LogP contribution in [0.3, 0.4) is 0 Å². The molecule has 0 bridgehead atoms. The Labute approximate surface area is 141 Å². The van der Waals surface area contributed by atoms with E-state index in [9.17, 15) is 0 Å². The molecule has 0 aliphatic heterocycles. The highest BCUT2D eigenvalue weighted by Gasteiger charge is 2.12. The molecule has 2 rings (SSSR count). The lowest BCUT2D eigenvalue weighted by atomic mass is 10.1. The largest absolute Gasteiger partial charge is 0.376 e. The summed E-state index contributed by atoms with van der Waals surface area (Å²) in [7, 11) is 0. The summed E-state index contributed by atoms with van der Waals surface area (Å²) < 4.78 is 1.90. The molecular formula is C15H15Br2ClN2. The van der Waals surface area contributed by atoms with Gasteiger partial charge in [-0.05, 0) is 74.2 Å². The highest BCUT2D eigenvalue weighted by atomic mass is 79.9. The van der Waals surface area contributed by atoms with Crippen molar-refractivity contribution in [2.75, 3.05) is 11.9 Å². The fourth-order valence-electron chi connectivity index (χ4n) is 1.94. The smallest absolute Gasteiger partial charge is 0.0637 e. The molecule has 3 N–H and O–H groups in total. The molecule has 2 aromatic carbocycles. The molecule has 0 radical (unpaired) electrons. The lowest BCUT2D eigenvalue weighted by molar-refractivity contribution is 0.788. The molecule has 2 nitrogen and oxygen atoms in total. The molecule has 1 atom stereocenters. The van der Waals surface area contributed by atoms with E-state index in [4.69, 9.17) is 17.3 Å². The van der Waals surface area contributed by atoms with Gasteiger partial charge < -0.3 is 11.1 Å². The predicted octanol–water partition coefficient (Wildman–Crippen LogP) is 5.29. The molecule has 5 heteroatoms. The van der Waals surface area contributed by atoms with Gasteiger partial charge >= 0.3 is 0 Å². The number of rotatable bonds is 4. The molecule has 0 amide bonds. The van der Waals surface area contributed by atoms with Crippen molar-refractivity contribution in [1.82, 2.24) is 0 Å². The third kappa shape index (κ3) is 3.76. The molecule has 0 aromatic heterocycles. The average Bonchev–Trinajstić information content (AvgIpc) is 2.43. The van der Waals surface area contributed by atoms with E-state index in [1.165, 1.54) is 5.56 Å². The van der Waals surface area contributed by atoms with Crippen LogP contribution in [0.25, 0.3) is 0 Å². The normalized spacial score (nSPS) is 12.2. The fourth-order valence-corrected chi connectivity index (χ4v) is 2.82. The Hall–Kier alpha value is -0.550. The van der Waals surface area contributed by atoms with Gasteiger partial charge in [0.25, 0.3) is 0 Å². The number of anilines is 1. The highest BCUT2D eigenvalue weighted by molar-refractivity contribution is 9.11. The van der Waals surface area contributed by atoms with Crippen molar-refractivity contribution in [3.05, 3.63) is 61.5 Å². The van der Waals surface area contributed by atoms with Crippen molar-refractivity contribution in [2.45, 2.75) is 13.0 Å². The first-order chi connectivity index (χ1) is 9.51. The summed E-state index contributed by atoms with van der Waals surface area (Å²) in [5.74, 6) is 0. The van der Waals surface area contributed by atoms with Crippen LogP contribution in [0.15, 0.2) is 45.3 Å². The number of nitrogens with two attached hydrogens (primary N) is 1. The van der Waals surface area contributed by atoms with E-state index < -0.39 is 0 Å². The Morgan fingerprint density at radius 1 is 1.15 bits per heavy atom. The molecule has 0 heterocycles. The van der Waals surface area contributed by atoms with Crippen LogP contribution in [0.4, 0.5) is 5.69 Å². The molecule has 20 heavy (non-hydrogen) atoms. The number of hydrogen-bond donors (Lipinski definition) is 2. The Kier molecular flexibility index (Phi) is 5.49. The second-order valence-corrected chi connectivity index (χ2v) is 6.71. The fraction of sp³-hybridized carbons (Fsp3) is 0.200. The third-order valence-corrected chi connectivity index (χ3v) is 4.94. The molecule has 0 saturated carbocycles. The van der Waals surface area contributed by atoms with Gasteiger partial charge in [-0.2, -0.15) is 0 Å². The maximum Gasteiger partial charge on any atom is 0.0637 e. The van der Waals surface area contributed by atoms with Crippen LogP contribution in [0.1, 0.15) is 17.2 Å². The molecule has 2 aromatic rings. The number of benzene rings is 2. The van der Waals surface area contributed by atoms with Crippen molar-refractivity contribution >= 4 is 49.1 Å². The van der Waals surface area contributed by atoms with Gasteiger partial charge in [0.2, 0.25) is 0 Å². The lowest BCUT2D eigenvalue weighted by Crippen LogP contribution is -2.20. The first-order valence-corrected chi connectivity index (χ1v) is 8.15. The van der Waals surface area contributed by atoms with Crippen LogP contribution in [0.2, 0.25) is 5.02 Å².